The van der Waals surface area contributed by atoms with Crippen molar-refractivity contribution in [2.75, 3.05) is 17.9 Å². The van der Waals surface area contributed by atoms with E-state index < -0.39 is 0 Å². The first-order valence-corrected chi connectivity index (χ1v) is 6.09. The summed E-state index contributed by atoms with van der Waals surface area (Å²) in [6, 6.07) is 7.83. The van der Waals surface area contributed by atoms with Crippen molar-refractivity contribution in [3.8, 4) is 0 Å². The molecule has 0 atom stereocenters. The van der Waals surface area contributed by atoms with E-state index in [-0.39, 0.29) is 17.8 Å². The molecule has 0 aliphatic heterocycles. The van der Waals surface area contributed by atoms with Gasteiger partial charge in [0.25, 0.3) is 0 Å². The topological polar surface area (TPSA) is 29.5 Å². The fourth-order valence-electron chi connectivity index (χ4n) is 1.76. The Morgan fingerprint density at radius 1 is 1.47 bits per heavy atom. The molecule has 0 aromatic heterocycles. The van der Waals surface area contributed by atoms with Gasteiger partial charge in [0.15, 0.2) is 0 Å². The van der Waals surface area contributed by atoms with Crippen molar-refractivity contribution in [1.29, 1.82) is 0 Å². The minimum Gasteiger partial charge on any atom is -0.380 e. The Bertz CT molecular complexity index is 379. The Hall–Kier alpha value is -1.06. The predicted molar refractivity (Wildman–Crippen MR) is 70.5 cm³/mol. The molecule has 94 valence electrons. The van der Waals surface area contributed by atoms with Crippen molar-refractivity contribution in [2.45, 2.75) is 26.5 Å². The van der Waals surface area contributed by atoms with E-state index in [0.717, 1.165) is 11.3 Å². The molecule has 0 N–H and O–H groups in total. The van der Waals surface area contributed by atoms with Gasteiger partial charge in [-0.1, -0.05) is 12.1 Å². The number of rotatable bonds is 5. The van der Waals surface area contributed by atoms with Gasteiger partial charge in [-0.3, -0.25) is 4.79 Å². The third-order valence-corrected chi connectivity index (χ3v) is 2.63. The van der Waals surface area contributed by atoms with Gasteiger partial charge in [0.05, 0.1) is 6.61 Å². The van der Waals surface area contributed by atoms with Gasteiger partial charge in [0.1, 0.15) is 5.88 Å². The number of nitrogens with zero attached hydrogens (tertiary/aromatic N) is 1. The minimum atomic E-state index is -0.0868. The molecule has 1 aromatic carbocycles. The molecular weight excluding hydrogens is 238 g/mol. The molecule has 0 spiro atoms. The number of hydrogen-bond acceptors (Lipinski definition) is 2. The highest BCUT2D eigenvalue weighted by Crippen LogP contribution is 2.19. The minimum absolute atomic E-state index is 0.00726. The summed E-state index contributed by atoms with van der Waals surface area (Å²) in [5.74, 6) is -0.0941. The van der Waals surface area contributed by atoms with Gasteiger partial charge in [-0.25, -0.2) is 0 Å². The fourth-order valence-corrected chi connectivity index (χ4v) is 1.89. The number of carbonyl (C=O) groups excluding carboxylic acids is 1. The summed E-state index contributed by atoms with van der Waals surface area (Å²) in [6.07, 6.45) is 0. The first-order chi connectivity index (χ1) is 8.10. The lowest BCUT2D eigenvalue weighted by Crippen LogP contribution is -2.37. The number of halogens is 1. The van der Waals surface area contributed by atoms with Crippen molar-refractivity contribution in [1.82, 2.24) is 0 Å². The second-order valence-electron chi connectivity index (χ2n) is 4.09. The number of carbonyl (C=O) groups is 1. The molecule has 3 nitrogen and oxygen atoms in total. The molecule has 0 bridgehead atoms. The van der Waals surface area contributed by atoms with Crippen LogP contribution in [0, 0.1) is 0 Å². The highest BCUT2D eigenvalue weighted by Gasteiger charge is 2.18. The van der Waals surface area contributed by atoms with Crippen LogP contribution in [0.4, 0.5) is 5.69 Å². The van der Waals surface area contributed by atoms with Crippen LogP contribution in [0.15, 0.2) is 24.3 Å². The number of benzene rings is 1. The molecule has 0 saturated heterocycles. The molecule has 0 saturated carbocycles. The lowest BCUT2D eigenvalue weighted by atomic mass is 10.1. The molecule has 4 heteroatoms. The van der Waals surface area contributed by atoms with E-state index in [0.29, 0.717) is 6.61 Å². The zero-order valence-electron chi connectivity index (χ0n) is 10.4. The van der Waals surface area contributed by atoms with Crippen molar-refractivity contribution in [3.63, 3.8) is 0 Å². The normalized spacial score (nSPS) is 10.6. The molecule has 0 radical (unpaired) electrons. The van der Waals surface area contributed by atoms with Gasteiger partial charge in [0, 0.05) is 18.8 Å². The van der Waals surface area contributed by atoms with E-state index in [4.69, 9.17) is 16.3 Å². The summed E-state index contributed by atoms with van der Waals surface area (Å²) in [5, 5.41) is 0. The number of methoxy groups -OCH3 is 1. The Morgan fingerprint density at radius 2 is 2.18 bits per heavy atom. The van der Waals surface area contributed by atoms with Crippen molar-refractivity contribution >= 4 is 23.2 Å². The summed E-state index contributed by atoms with van der Waals surface area (Å²) in [5.41, 5.74) is 1.90. The van der Waals surface area contributed by atoms with Crippen LogP contribution in [-0.4, -0.2) is 24.9 Å². The molecular formula is C13H18ClNO2. The van der Waals surface area contributed by atoms with E-state index in [1.807, 2.05) is 38.1 Å². The highest BCUT2D eigenvalue weighted by molar-refractivity contribution is 6.29. The lowest BCUT2D eigenvalue weighted by Gasteiger charge is -2.26. The van der Waals surface area contributed by atoms with Gasteiger partial charge in [-0.2, -0.15) is 0 Å². The number of hydrogen-bond donors (Lipinski definition) is 0. The second kappa shape index (κ2) is 6.62. The van der Waals surface area contributed by atoms with E-state index in [9.17, 15) is 4.79 Å². The molecule has 1 aromatic rings. The largest absolute Gasteiger partial charge is 0.380 e. The van der Waals surface area contributed by atoms with Crippen LogP contribution in [0.2, 0.25) is 0 Å². The summed E-state index contributed by atoms with van der Waals surface area (Å²) < 4.78 is 5.08. The maximum atomic E-state index is 11.8. The standard InChI is InChI=1S/C13H18ClNO2/c1-10(2)15(13(16)8-14)12-6-4-5-11(7-12)9-17-3/h4-7,10H,8-9H2,1-3H3. The van der Waals surface area contributed by atoms with Crippen molar-refractivity contribution in [2.24, 2.45) is 0 Å². The molecule has 0 unspecified atom stereocenters. The Kier molecular flexibility index (Phi) is 5.45. The van der Waals surface area contributed by atoms with Gasteiger partial charge < -0.3 is 9.64 Å². The smallest absolute Gasteiger partial charge is 0.242 e. The maximum absolute atomic E-state index is 11.8. The monoisotopic (exact) mass is 255 g/mol. The Morgan fingerprint density at radius 3 is 2.71 bits per heavy atom. The van der Waals surface area contributed by atoms with E-state index in [1.165, 1.54) is 0 Å². The predicted octanol–water partition coefficient (Wildman–Crippen LogP) is 2.81. The van der Waals surface area contributed by atoms with Crippen LogP contribution in [0.25, 0.3) is 0 Å². The summed E-state index contributed by atoms with van der Waals surface area (Å²) in [4.78, 5) is 13.5. The fraction of sp³-hybridized carbons (Fsp3) is 0.462. The molecule has 1 amide bonds. The van der Waals surface area contributed by atoms with E-state index in [2.05, 4.69) is 0 Å². The van der Waals surface area contributed by atoms with Crippen LogP contribution < -0.4 is 4.90 Å². The molecule has 0 fully saturated rings. The Labute approximate surface area is 107 Å². The first-order valence-electron chi connectivity index (χ1n) is 5.56. The lowest BCUT2D eigenvalue weighted by molar-refractivity contribution is -0.116. The van der Waals surface area contributed by atoms with Gasteiger partial charge in [-0.05, 0) is 31.5 Å². The third-order valence-electron chi connectivity index (χ3n) is 2.40. The van der Waals surface area contributed by atoms with E-state index >= 15 is 0 Å². The molecule has 0 aliphatic rings. The number of anilines is 1. The van der Waals surface area contributed by atoms with Crippen LogP contribution in [0.3, 0.4) is 0 Å². The summed E-state index contributed by atoms with van der Waals surface area (Å²) in [6.45, 7) is 4.47. The molecule has 1 rings (SSSR count). The first kappa shape index (κ1) is 14.0. The average Bonchev–Trinajstić information content (AvgIpc) is 2.29. The molecule has 0 aliphatic carbocycles. The Balaban J connectivity index is 3.01. The van der Waals surface area contributed by atoms with Crippen LogP contribution >= 0.6 is 11.6 Å². The zero-order valence-corrected chi connectivity index (χ0v) is 11.2. The van der Waals surface area contributed by atoms with Crippen molar-refractivity contribution in [3.05, 3.63) is 29.8 Å². The molecule has 17 heavy (non-hydrogen) atoms. The average molecular weight is 256 g/mol. The highest BCUT2D eigenvalue weighted by atomic mass is 35.5. The van der Waals surface area contributed by atoms with E-state index in [1.54, 1.807) is 12.0 Å². The van der Waals surface area contributed by atoms with Gasteiger partial charge >= 0.3 is 0 Å². The van der Waals surface area contributed by atoms with Gasteiger partial charge in [-0.15, -0.1) is 11.6 Å². The second-order valence-corrected chi connectivity index (χ2v) is 4.36. The molecule has 0 heterocycles. The number of ether oxygens (including phenoxy) is 1. The van der Waals surface area contributed by atoms with Crippen LogP contribution in [0.5, 0.6) is 0 Å². The number of alkyl halides is 1. The quantitative estimate of drug-likeness (QED) is 0.758. The maximum Gasteiger partial charge on any atom is 0.242 e. The van der Waals surface area contributed by atoms with Crippen LogP contribution in [-0.2, 0) is 16.1 Å². The van der Waals surface area contributed by atoms with Gasteiger partial charge in [0.2, 0.25) is 5.91 Å². The number of amides is 1. The zero-order chi connectivity index (χ0) is 12.8. The summed E-state index contributed by atoms with van der Waals surface area (Å²) in [7, 11) is 1.65. The van der Waals surface area contributed by atoms with Crippen LogP contribution in [0.1, 0.15) is 19.4 Å². The van der Waals surface area contributed by atoms with Crippen molar-refractivity contribution < 1.29 is 9.53 Å². The third kappa shape index (κ3) is 3.72. The summed E-state index contributed by atoms with van der Waals surface area (Å²) >= 11 is 5.63. The SMILES string of the molecule is COCc1cccc(N(C(=O)CCl)C(C)C)c1.